The Balaban J connectivity index is 1.90. The zero-order valence-electron chi connectivity index (χ0n) is 10.5. The second kappa shape index (κ2) is 6.55. The van der Waals surface area contributed by atoms with Crippen LogP contribution in [0.3, 0.4) is 0 Å². The van der Waals surface area contributed by atoms with Crippen molar-refractivity contribution in [2.24, 2.45) is 0 Å². The molecule has 1 fully saturated rings. The Morgan fingerprint density at radius 3 is 2.88 bits per heavy atom. The van der Waals surface area contributed by atoms with E-state index in [4.69, 9.17) is 4.74 Å². The Morgan fingerprint density at radius 2 is 2.12 bits per heavy atom. The second-order valence-electron chi connectivity index (χ2n) is 4.51. The van der Waals surface area contributed by atoms with Crippen LogP contribution in [0.1, 0.15) is 44.7 Å². The highest BCUT2D eigenvalue weighted by Crippen LogP contribution is 2.21. The van der Waals surface area contributed by atoms with Gasteiger partial charge in [-0.3, -0.25) is 4.98 Å². The summed E-state index contributed by atoms with van der Waals surface area (Å²) in [6, 6.07) is 0. The minimum absolute atomic E-state index is 0.340. The Kier molecular flexibility index (Phi) is 4.74. The van der Waals surface area contributed by atoms with E-state index in [0.29, 0.717) is 12.0 Å². The Bertz CT molecular complexity index is 337. The lowest BCUT2D eigenvalue weighted by molar-refractivity contribution is 0.147. The van der Waals surface area contributed by atoms with E-state index in [9.17, 15) is 0 Å². The second-order valence-corrected chi connectivity index (χ2v) is 4.51. The van der Waals surface area contributed by atoms with E-state index in [1.807, 2.05) is 0 Å². The van der Waals surface area contributed by atoms with Crippen molar-refractivity contribution in [3.05, 3.63) is 18.1 Å². The molecule has 1 aromatic rings. The maximum atomic E-state index is 5.87. The molecule has 0 unspecified atom stereocenters. The summed E-state index contributed by atoms with van der Waals surface area (Å²) in [6.07, 6.45) is 10.0. The molecular formula is C13H21N3O. The Hall–Kier alpha value is -1.16. The summed E-state index contributed by atoms with van der Waals surface area (Å²) in [5, 5.41) is 3.24. The van der Waals surface area contributed by atoms with Gasteiger partial charge >= 0.3 is 0 Å². The van der Waals surface area contributed by atoms with Gasteiger partial charge in [0.2, 0.25) is 5.88 Å². The molecule has 0 atom stereocenters. The van der Waals surface area contributed by atoms with Gasteiger partial charge in [-0.05, 0) is 32.2 Å². The number of rotatable bonds is 5. The number of nitrogens with one attached hydrogen (secondary N) is 1. The SMILES string of the molecule is CCNCc1cncc(OC2CCCCC2)n1. The van der Waals surface area contributed by atoms with Crippen molar-refractivity contribution in [2.75, 3.05) is 6.54 Å². The van der Waals surface area contributed by atoms with E-state index >= 15 is 0 Å². The third kappa shape index (κ3) is 3.97. The van der Waals surface area contributed by atoms with Crippen molar-refractivity contribution in [1.82, 2.24) is 15.3 Å². The van der Waals surface area contributed by atoms with Crippen LogP contribution in [0.15, 0.2) is 12.4 Å². The van der Waals surface area contributed by atoms with Gasteiger partial charge in [0, 0.05) is 12.7 Å². The van der Waals surface area contributed by atoms with Crippen LogP contribution < -0.4 is 10.1 Å². The van der Waals surface area contributed by atoms with Gasteiger partial charge in [-0.25, -0.2) is 4.98 Å². The van der Waals surface area contributed by atoms with E-state index in [2.05, 4.69) is 22.2 Å². The van der Waals surface area contributed by atoms with Crippen LogP contribution in [0.4, 0.5) is 0 Å². The normalized spacial score (nSPS) is 17.0. The third-order valence-corrected chi connectivity index (χ3v) is 3.06. The molecule has 1 aliphatic carbocycles. The molecule has 0 aromatic carbocycles. The first-order valence-electron chi connectivity index (χ1n) is 6.57. The minimum Gasteiger partial charge on any atom is -0.473 e. The van der Waals surface area contributed by atoms with E-state index in [0.717, 1.165) is 31.6 Å². The van der Waals surface area contributed by atoms with Gasteiger partial charge in [-0.15, -0.1) is 0 Å². The molecule has 0 amide bonds. The first-order chi connectivity index (χ1) is 8.38. The molecule has 0 aliphatic heterocycles. The van der Waals surface area contributed by atoms with Gasteiger partial charge < -0.3 is 10.1 Å². The van der Waals surface area contributed by atoms with Crippen LogP contribution in [0.5, 0.6) is 5.88 Å². The molecule has 0 bridgehead atoms. The predicted octanol–water partition coefficient (Wildman–Crippen LogP) is 2.30. The molecule has 4 nitrogen and oxygen atoms in total. The van der Waals surface area contributed by atoms with Crippen molar-refractivity contribution in [2.45, 2.75) is 51.7 Å². The monoisotopic (exact) mass is 235 g/mol. The highest BCUT2D eigenvalue weighted by molar-refractivity contribution is 5.08. The van der Waals surface area contributed by atoms with E-state index in [-0.39, 0.29) is 0 Å². The lowest BCUT2D eigenvalue weighted by Crippen LogP contribution is -2.21. The van der Waals surface area contributed by atoms with Crippen LogP contribution in [0.2, 0.25) is 0 Å². The highest BCUT2D eigenvalue weighted by Gasteiger charge is 2.15. The van der Waals surface area contributed by atoms with Gasteiger partial charge in [0.1, 0.15) is 6.10 Å². The topological polar surface area (TPSA) is 47.0 Å². The number of nitrogens with zero attached hydrogens (tertiary/aromatic N) is 2. The van der Waals surface area contributed by atoms with E-state index in [1.165, 1.54) is 19.3 Å². The quantitative estimate of drug-likeness (QED) is 0.850. The highest BCUT2D eigenvalue weighted by atomic mass is 16.5. The fraction of sp³-hybridized carbons (Fsp3) is 0.692. The summed E-state index contributed by atoms with van der Waals surface area (Å²) >= 11 is 0. The zero-order chi connectivity index (χ0) is 11.9. The molecule has 1 aliphatic rings. The van der Waals surface area contributed by atoms with E-state index in [1.54, 1.807) is 12.4 Å². The maximum absolute atomic E-state index is 5.87. The molecule has 0 spiro atoms. The average molecular weight is 235 g/mol. The molecule has 1 N–H and O–H groups in total. The van der Waals surface area contributed by atoms with Crippen molar-refractivity contribution in [3.63, 3.8) is 0 Å². The van der Waals surface area contributed by atoms with Gasteiger partial charge in [-0.1, -0.05) is 13.3 Å². The average Bonchev–Trinajstić information content (AvgIpc) is 2.38. The molecule has 17 heavy (non-hydrogen) atoms. The molecule has 1 aromatic heterocycles. The summed E-state index contributed by atoms with van der Waals surface area (Å²) in [7, 11) is 0. The Morgan fingerprint density at radius 1 is 1.29 bits per heavy atom. The third-order valence-electron chi connectivity index (χ3n) is 3.06. The molecule has 0 radical (unpaired) electrons. The van der Waals surface area contributed by atoms with Crippen molar-refractivity contribution >= 4 is 0 Å². The number of aromatic nitrogens is 2. The summed E-state index contributed by atoms with van der Waals surface area (Å²) in [5.41, 5.74) is 0.945. The van der Waals surface area contributed by atoms with Gasteiger partial charge in [0.05, 0.1) is 11.9 Å². The van der Waals surface area contributed by atoms with Crippen LogP contribution in [0, 0.1) is 0 Å². The smallest absolute Gasteiger partial charge is 0.232 e. The Labute approximate surface area is 103 Å². The van der Waals surface area contributed by atoms with Crippen LogP contribution >= 0.6 is 0 Å². The van der Waals surface area contributed by atoms with Crippen LogP contribution in [-0.4, -0.2) is 22.6 Å². The summed E-state index contributed by atoms with van der Waals surface area (Å²) in [5.74, 6) is 0.673. The number of hydrogen-bond acceptors (Lipinski definition) is 4. The molecular weight excluding hydrogens is 214 g/mol. The molecule has 94 valence electrons. The van der Waals surface area contributed by atoms with Crippen molar-refractivity contribution in [1.29, 1.82) is 0 Å². The van der Waals surface area contributed by atoms with Crippen molar-refractivity contribution < 1.29 is 4.74 Å². The van der Waals surface area contributed by atoms with Crippen LogP contribution in [-0.2, 0) is 6.54 Å². The first kappa shape index (κ1) is 12.3. The maximum Gasteiger partial charge on any atom is 0.232 e. The summed E-state index contributed by atoms with van der Waals surface area (Å²) in [4.78, 5) is 8.63. The zero-order valence-corrected chi connectivity index (χ0v) is 10.5. The fourth-order valence-electron chi connectivity index (χ4n) is 2.14. The first-order valence-corrected chi connectivity index (χ1v) is 6.57. The summed E-state index contributed by atoms with van der Waals surface area (Å²) < 4.78 is 5.87. The van der Waals surface area contributed by atoms with Gasteiger partial charge in [-0.2, -0.15) is 0 Å². The lowest BCUT2D eigenvalue weighted by atomic mass is 9.98. The fourth-order valence-corrected chi connectivity index (χ4v) is 2.14. The summed E-state index contributed by atoms with van der Waals surface area (Å²) in [6.45, 7) is 3.77. The van der Waals surface area contributed by atoms with Crippen molar-refractivity contribution in [3.8, 4) is 5.88 Å². The standard InChI is InChI=1S/C13H21N3O/c1-2-14-8-11-9-15-10-13(16-11)17-12-6-4-3-5-7-12/h9-10,12,14H,2-8H2,1H3. The molecule has 4 heteroatoms. The number of ether oxygens (including phenoxy) is 1. The minimum atomic E-state index is 0.340. The number of hydrogen-bond donors (Lipinski definition) is 1. The molecule has 0 saturated heterocycles. The van der Waals surface area contributed by atoms with Gasteiger partial charge in [0.15, 0.2) is 0 Å². The van der Waals surface area contributed by atoms with Gasteiger partial charge in [0.25, 0.3) is 0 Å². The largest absolute Gasteiger partial charge is 0.473 e. The molecule has 2 rings (SSSR count). The van der Waals surface area contributed by atoms with Crippen LogP contribution in [0.25, 0.3) is 0 Å². The van der Waals surface area contributed by atoms with E-state index < -0.39 is 0 Å². The lowest BCUT2D eigenvalue weighted by Gasteiger charge is -2.22. The molecule has 1 saturated carbocycles. The molecule has 1 heterocycles. The predicted molar refractivity (Wildman–Crippen MR) is 66.9 cm³/mol.